The lowest BCUT2D eigenvalue weighted by Crippen LogP contribution is -1.99. The van der Waals surface area contributed by atoms with Gasteiger partial charge in [0.15, 0.2) is 0 Å². The van der Waals surface area contributed by atoms with Crippen molar-refractivity contribution in [3.8, 4) is 11.3 Å². The molecule has 3 heteroatoms. The molecule has 0 amide bonds. The van der Waals surface area contributed by atoms with E-state index in [2.05, 4.69) is 42.9 Å². The van der Waals surface area contributed by atoms with Crippen LogP contribution >= 0.6 is 0 Å². The summed E-state index contributed by atoms with van der Waals surface area (Å²) in [4.78, 5) is 8.39. The first-order chi connectivity index (χ1) is 7.59. The molecule has 1 aromatic carbocycles. The van der Waals surface area contributed by atoms with E-state index in [-0.39, 0.29) is 0 Å². The van der Waals surface area contributed by atoms with Gasteiger partial charge in [-0.25, -0.2) is 4.98 Å². The molecule has 82 valence electrons. The van der Waals surface area contributed by atoms with Crippen molar-refractivity contribution in [1.29, 1.82) is 0 Å². The second-order valence-electron chi connectivity index (χ2n) is 4.06. The summed E-state index contributed by atoms with van der Waals surface area (Å²) in [6.07, 6.45) is 3.28. The molecular weight excluding hydrogens is 198 g/mol. The first kappa shape index (κ1) is 10.6. The Bertz CT molecular complexity index is 509. The predicted octanol–water partition coefficient (Wildman–Crippen LogP) is 2.65. The van der Waals surface area contributed by atoms with Crippen LogP contribution in [0, 0.1) is 20.8 Å². The Morgan fingerprint density at radius 1 is 0.938 bits per heavy atom. The molecule has 0 aliphatic heterocycles. The zero-order chi connectivity index (χ0) is 11.7. The minimum Gasteiger partial charge on any atom is -0.382 e. The largest absolute Gasteiger partial charge is 0.382 e. The molecule has 0 fully saturated rings. The van der Waals surface area contributed by atoms with Gasteiger partial charge in [0.2, 0.25) is 0 Å². The third-order valence-corrected chi connectivity index (χ3v) is 2.64. The molecule has 2 rings (SSSR count). The number of aryl methyl sites for hydroxylation is 3. The third kappa shape index (κ3) is 1.76. The number of anilines is 1. The molecule has 0 spiro atoms. The summed E-state index contributed by atoms with van der Waals surface area (Å²) < 4.78 is 0. The van der Waals surface area contributed by atoms with Crippen molar-refractivity contribution in [2.75, 3.05) is 5.73 Å². The molecule has 2 N–H and O–H groups in total. The Hall–Kier alpha value is -1.90. The molecule has 0 unspecified atom stereocenters. The van der Waals surface area contributed by atoms with Crippen molar-refractivity contribution in [2.45, 2.75) is 20.8 Å². The molecule has 0 saturated carbocycles. The van der Waals surface area contributed by atoms with Crippen LogP contribution in [0.2, 0.25) is 0 Å². The first-order valence-electron chi connectivity index (χ1n) is 5.24. The topological polar surface area (TPSA) is 51.8 Å². The number of aromatic nitrogens is 2. The molecule has 16 heavy (non-hydrogen) atoms. The average Bonchev–Trinajstić information content (AvgIpc) is 2.19. The van der Waals surface area contributed by atoms with Crippen LogP contribution in [-0.2, 0) is 0 Å². The molecular formula is C13H15N3. The molecule has 0 saturated heterocycles. The highest BCUT2D eigenvalue weighted by atomic mass is 14.9. The van der Waals surface area contributed by atoms with Crippen LogP contribution in [-0.4, -0.2) is 9.97 Å². The van der Waals surface area contributed by atoms with Gasteiger partial charge in [-0.2, -0.15) is 0 Å². The van der Waals surface area contributed by atoms with E-state index < -0.39 is 0 Å². The normalized spacial score (nSPS) is 10.4. The Morgan fingerprint density at radius 3 is 2.06 bits per heavy atom. The van der Waals surface area contributed by atoms with E-state index >= 15 is 0 Å². The summed E-state index contributed by atoms with van der Waals surface area (Å²) in [5, 5.41) is 0. The second kappa shape index (κ2) is 3.93. The molecule has 0 bridgehead atoms. The van der Waals surface area contributed by atoms with Gasteiger partial charge in [-0.15, -0.1) is 0 Å². The van der Waals surface area contributed by atoms with Gasteiger partial charge in [0, 0.05) is 18.0 Å². The van der Waals surface area contributed by atoms with E-state index in [1.54, 1.807) is 12.4 Å². The van der Waals surface area contributed by atoms with Crippen molar-refractivity contribution in [2.24, 2.45) is 0 Å². The highest BCUT2D eigenvalue weighted by Crippen LogP contribution is 2.29. The maximum absolute atomic E-state index is 5.85. The Kier molecular flexibility index (Phi) is 2.60. The van der Waals surface area contributed by atoms with E-state index in [0.29, 0.717) is 5.82 Å². The van der Waals surface area contributed by atoms with Gasteiger partial charge in [0.05, 0.1) is 0 Å². The van der Waals surface area contributed by atoms with E-state index in [9.17, 15) is 0 Å². The van der Waals surface area contributed by atoms with Gasteiger partial charge in [-0.1, -0.05) is 17.7 Å². The fraction of sp³-hybridized carbons (Fsp3) is 0.231. The highest BCUT2D eigenvalue weighted by molar-refractivity contribution is 5.75. The molecule has 1 heterocycles. The number of rotatable bonds is 1. The van der Waals surface area contributed by atoms with Crippen molar-refractivity contribution >= 4 is 5.82 Å². The van der Waals surface area contributed by atoms with Gasteiger partial charge in [0.1, 0.15) is 11.5 Å². The number of hydrogen-bond acceptors (Lipinski definition) is 3. The number of hydrogen-bond donors (Lipinski definition) is 1. The van der Waals surface area contributed by atoms with E-state index in [0.717, 1.165) is 11.3 Å². The predicted molar refractivity (Wildman–Crippen MR) is 66.1 cm³/mol. The first-order valence-corrected chi connectivity index (χ1v) is 5.24. The quantitative estimate of drug-likeness (QED) is 0.792. The number of nitrogens with two attached hydrogens (primary N) is 1. The van der Waals surface area contributed by atoms with Crippen LogP contribution in [0.3, 0.4) is 0 Å². The van der Waals surface area contributed by atoms with Crippen molar-refractivity contribution in [3.63, 3.8) is 0 Å². The van der Waals surface area contributed by atoms with Crippen molar-refractivity contribution in [1.82, 2.24) is 9.97 Å². The lowest BCUT2D eigenvalue weighted by atomic mass is 9.97. The van der Waals surface area contributed by atoms with Gasteiger partial charge in [0.25, 0.3) is 0 Å². The Balaban J connectivity index is 2.70. The minimum absolute atomic E-state index is 0.484. The van der Waals surface area contributed by atoms with Crippen LogP contribution < -0.4 is 5.73 Å². The molecule has 0 atom stereocenters. The number of benzene rings is 1. The van der Waals surface area contributed by atoms with Crippen LogP contribution in [0.4, 0.5) is 5.82 Å². The maximum Gasteiger partial charge on any atom is 0.150 e. The average molecular weight is 213 g/mol. The summed E-state index contributed by atoms with van der Waals surface area (Å²) in [7, 11) is 0. The fourth-order valence-corrected chi connectivity index (χ4v) is 2.09. The lowest BCUT2D eigenvalue weighted by Gasteiger charge is -2.11. The highest BCUT2D eigenvalue weighted by Gasteiger charge is 2.11. The lowest BCUT2D eigenvalue weighted by molar-refractivity contribution is 1.19. The van der Waals surface area contributed by atoms with E-state index in [4.69, 9.17) is 5.73 Å². The van der Waals surface area contributed by atoms with Crippen molar-refractivity contribution < 1.29 is 0 Å². The van der Waals surface area contributed by atoms with Gasteiger partial charge < -0.3 is 5.73 Å². The molecule has 0 aliphatic carbocycles. The number of nitrogens with zero attached hydrogens (tertiary/aromatic N) is 2. The molecule has 2 aromatic rings. The van der Waals surface area contributed by atoms with E-state index in [1.165, 1.54) is 16.7 Å². The van der Waals surface area contributed by atoms with E-state index in [1.807, 2.05) is 0 Å². The van der Waals surface area contributed by atoms with Crippen LogP contribution in [0.1, 0.15) is 16.7 Å². The SMILES string of the molecule is Cc1cc(C)c(-c2nccnc2N)c(C)c1. The molecule has 1 aromatic heterocycles. The summed E-state index contributed by atoms with van der Waals surface area (Å²) in [5.41, 5.74) is 11.3. The molecule has 0 aliphatic rings. The van der Waals surface area contributed by atoms with Gasteiger partial charge in [-0.3, -0.25) is 4.98 Å². The monoisotopic (exact) mass is 213 g/mol. The second-order valence-corrected chi connectivity index (χ2v) is 4.06. The Morgan fingerprint density at radius 2 is 1.50 bits per heavy atom. The molecule has 0 radical (unpaired) electrons. The van der Waals surface area contributed by atoms with Crippen LogP contribution in [0.15, 0.2) is 24.5 Å². The smallest absolute Gasteiger partial charge is 0.150 e. The van der Waals surface area contributed by atoms with Crippen LogP contribution in [0.5, 0.6) is 0 Å². The third-order valence-electron chi connectivity index (χ3n) is 2.64. The standard InChI is InChI=1S/C13H15N3/c1-8-6-9(2)11(10(3)7-8)12-13(14)16-5-4-15-12/h4-7H,1-3H3,(H2,14,16). The number of nitrogen functional groups attached to an aromatic ring is 1. The van der Waals surface area contributed by atoms with Gasteiger partial charge >= 0.3 is 0 Å². The minimum atomic E-state index is 0.484. The molecule has 3 nitrogen and oxygen atoms in total. The zero-order valence-corrected chi connectivity index (χ0v) is 9.78. The summed E-state index contributed by atoms with van der Waals surface area (Å²) in [6.45, 7) is 6.23. The summed E-state index contributed by atoms with van der Waals surface area (Å²) in [5.74, 6) is 0.484. The van der Waals surface area contributed by atoms with Crippen molar-refractivity contribution in [3.05, 3.63) is 41.2 Å². The summed E-state index contributed by atoms with van der Waals surface area (Å²) in [6, 6.07) is 4.27. The van der Waals surface area contributed by atoms with Gasteiger partial charge in [-0.05, 0) is 31.9 Å². The fourth-order valence-electron chi connectivity index (χ4n) is 2.09. The zero-order valence-electron chi connectivity index (χ0n) is 9.78. The maximum atomic E-state index is 5.85. The summed E-state index contributed by atoms with van der Waals surface area (Å²) >= 11 is 0. The van der Waals surface area contributed by atoms with Crippen LogP contribution in [0.25, 0.3) is 11.3 Å². The Labute approximate surface area is 95.4 Å².